The standard InChI is InChI=1S/C17H26O3Si/c1-5-19-17(18)12-11-16(13-14-20-21(2,3)4)15-9-7-6-8-10-15/h6-10,13-14,16H,5,11-12H2,1-4H3/b14-13+. The summed E-state index contributed by atoms with van der Waals surface area (Å²) in [7, 11) is -1.56. The molecule has 0 amide bonds. The van der Waals surface area contributed by atoms with Crippen molar-refractivity contribution < 1.29 is 14.0 Å². The van der Waals surface area contributed by atoms with Crippen molar-refractivity contribution in [2.24, 2.45) is 0 Å². The molecule has 0 saturated heterocycles. The van der Waals surface area contributed by atoms with E-state index in [9.17, 15) is 4.79 Å². The molecule has 1 aromatic carbocycles. The van der Waals surface area contributed by atoms with Crippen LogP contribution in [-0.4, -0.2) is 20.9 Å². The first-order valence-electron chi connectivity index (χ1n) is 7.47. The van der Waals surface area contributed by atoms with Crippen molar-refractivity contribution in [3.05, 3.63) is 48.2 Å². The van der Waals surface area contributed by atoms with Gasteiger partial charge >= 0.3 is 5.97 Å². The van der Waals surface area contributed by atoms with Gasteiger partial charge in [-0.3, -0.25) is 4.79 Å². The molecule has 1 atom stereocenters. The van der Waals surface area contributed by atoms with E-state index in [4.69, 9.17) is 9.16 Å². The van der Waals surface area contributed by atoms with E-state index in [2.05, 4.69) is 31.8 Å². The maximum Gasteiger partial charge on any atom is 0.305 e. The molecule has 0 aliphatic heterocycles. The molecule has 0 bridgehead atoms. The van der Waals surface area contributed by atoms with E-state index in [-0.39, 0.29) is 11.9 Å². The summed E-state index contributed by atoms with van der Waals surface area (Å²) in [5.41, 5.74) is 1.19. The molecule has 3 nitrogen and oxygen atoms in total. The van der Waals surface area contributed by atoms with Crippen LogP contribution in [-0.2, 0) is 14.0 Å². The van der Waals surface area contributed by atoms with E-state index in [0.717, 1.165) is 6.42 Å². The van der Waals surface area contributed by atoms with Crippen LogP contribution in [0.2, 0.25) is 19.6 Å². The highest BCUT2D eigenvalue weighted by Gasteiger charge is 2.15. The van der Waals surface area contributed by atoms with Gasteiger partial charge in [0.05, 0.1) is 12.9 Å². The molecule has 1 rings (SSSR count). The topological polar surface area (TPSA) is 35.5 Å². The van der Waals surface area contributed by atoms with Crippen molar-refractivity contribution in [1.82, 2.24) is 0 Å². The van der Waals surface area contributed by atoms with Crippen molar-refractivity contribution >= 4 is 14.3 Å². The lowest BCUT2D eigenvalue weighted by Crippen LogP contribution is -2.22. The van der Waals surface area contributed by atoms with Gasteiger partial charge in [0, 0.05) is 12.3 Å². The molecule has 0 aromatic heterocycles. The molecule has 4 heteroatoms. The minimum absolute atomic E-state index is 0.141. The van der Waals surface area contributed by atoms with Gasteiger partial charge in [-0.2, -0.15) is 0 Å². The molecule has 0 N–H and O–H groups in total. The number of carbonyl (C=O) groups excluding carboxylic acids is 1. The molecular weight excluding hydrogens is 280 g/mol. The number of esters is 1. The minimum atomic E-state index is -1.56. The monoisotopic (exact) mass is 306 g/mol. The summed E-state index contributed by atoms with van der Waals surface area (Å²) in [6.07, 6.45) is 5.00. The van der Waals surface area contributed by atoms with Gasteiger partial charge in [-0.1, -0.05) is 30.3 Å². The van der Waals surface area contributed by atoms with E-state index in [0.29, 0.717) is 13.0 Å². The first-order chi connectivity index (χ1) is 9.92. The SMILES string of the molecule is CCOC(=O)CCC(/C=C/O[Si](C)(C)C)c1ccccc1. The highest BCUT2D eigenvalue weighted by atomic mass is 28.4. The Morgan fingerprint density at radius 3 is 2.48 bits per heavy atom. The Morgan fingerprint density at radius 2 is 1.90 bits per heavy atom. The molecule has 21 heavy (non-hydrogen) atoms. The highest BCUT2D eigenvalue weighted by Crippen LogP contribution is 2.23. The smallest absolute Gasteiger partial charge is 0.305 e. The van der Waals surface area contributed by atoms with Crippen LogP contribution in [0.4, 0.5) is 0 Å². The predicted octanol–water partition coefficient (Wildman–Crippen LogP) is 4.48. The molecule has 1 unspecified atom stereocenters. The van der Waals surface area contributed by atoms with Gasteiger partial charge in [0.15, 0.2) is 0 Å². The average molecular weight is 306 g/mol. The number of ether oxygens (including phenoxy) is 1. The Hall–Kier alpha value is -1.55. The van der Waals surface area contributed by atoms with Crippen LogP contribution in [0.1, 0.15) is 31.2 Å². The Labute approximate surface area is 129 Å². The third-order valence-electron chi connectivity index (χ3n) is 2.92. The van der Waals surface area contributed by atoms with Crippen molar-refractivity contribution in [1.29, 1.82) is 0 Å². The molecule has 0 saturated carbocycles. The van der Waals surface area contributed by atoms with E-state index < -0.39 is 8.32 Å². The fraction of sp³-hybridized carbons (Fsp3) is 0.471. The zero-order valence-electron chi connectivity index (χ0n) is 13.5. The molecule has 0 radical (unpaired) electrons. The summed E-state index contributed by atoms with van der Waals surface area (Å²) < 4.78 is 10.8. The molecule has 0 aliphatic carbocycles. The molecular formula is C17H26O3Si. The molecule has 0 spiro atoms. The van der Waals surface area contributed by atoms with Crippen molar-refractivity contribution in [2.75, 3.05) is 6.61 Å². The summed E-state index contributed by atoms with van der Waals surface area (Å²) in [6.45, 7) is 8.70. The van der Waals surface area contributed by atoms with Crippen LogP contribution in [0, 0.1) is 0 Å². The minimum Gasteiger partial charge on any atom is -0.550 e. The van der Waals surface area contributed by atoms with Crippen LogP contribution in [0.15, 0.2) is 42.7 Å². The molecule has 1 aromatic rings. The maximum atomic E-state index is 11.5. The number of allylic oxidation sites excluding steroid dienone is 1. The van der Waals surface area contributed by atoms with Gasteiger partial charge in [-0.15, -0.1) is 0 Å². The molecule has 0 heterocycles. The summed E-state index contributed by atoms with van der Waals surface area (Å²) in [5.74, 6) is 0.0323. The second kappa shape index (κ2) is 8.67. The van der Waals surface area contributed by atoms with Crippen LogP contribution >= 0.6 is 0 Å². The third-order valence-corrected chi connectivity index (χ3v) is 3.77. The second-order valence-corrected chi connectivity index (χ2v) is 10.4. The van der Waals surface area contributed by atoms with Gasteiger partial charge in [0.1, 0.15) is 0 Å². The number of rotatable bonds is 8. The first-order valence-corrected chi connectivity index (χ1v) is 10.9. The Bertz CT molecular complexity index is 449. The van der Waals surface area contributed by atoms with Gasteiger partial charge in [0.25, 0.3) is 0 Å². The fourth-order valence-corrected chi connectivity index (χ4v) is 2.41. The van der Waals surface area contributed by atoms with Crippen LogP contribution < -0.4 is 0 Å². The first kappa shape index (κ1) is 17.5. The number of benzene rings is 1. The normalized spacial score (nSPS) is 13.1. The van der Waals surface area contributed by atoms with Gasteiger partial charge in [-0.25, -0.2) is 0 Å². The Balaban J connectivity index is 2.69. The van der Waals surface area contributed by atoms with E-state index in [1.807, 2.05) is 31.2 Å². The van der Waals surface area contributed by atoms with Crippen molar-refractivity contribution in [3.8, 4) is 0 Å². The third kappa shape index (κ3) is 7.71. The number of carbonyl (C=O) groups is 1. The molecule has 116 valence electrons. The Kier molecular flexibility index (Phi) is 7.23. The summed E-state index contributed by atoms with van der Waals surface area (Å²) >= 11 is 0. The van der Waals surface area contributed by atoms with E-state index >= 15 is 0 Å². The van der Waals surface area contributed by atoms with Gasteiger partial charge in [0.2, 0.25) is 8.32 Å². The maximum absolute atomic E-state index is 11.5. The second-order valence-electron chi connectivity index (χ2n) is 5.92. The Morgan fingerprint density at radius 1 is 1.24 bits per heavy atom. The predicted molar refractivity (Wildman–Crippen MR) is 88.6 cm³/mol. The fourth-order valence-electron chi connectivity index (χ4n) is 1.92. The zero-order chi connectivity index (χ0) is 15.7. The van der Waals surface area contributed by atoms with E-state index in [1.165, 1.54) is 5.56 Å². The van der Waals surface area contributed by atoms with Crippen LogP contribution in [0.5, 0.6) is 0 Å². The lowest BCUT2D eigenvalue weighted by atomic mass is 9.94. The average Bonchev–Trinajstić information content (AvgIpc) is 2.42. The summed E-state index contributed by atoms with van der Waals surface area (Å²) in [5, 5.41) is 0. The van der Waals surface area contributed by atoms with Crippen molar-refractivity contribution in [2.45, 2.75) is 45.3 Å². The van der Waals surface area contributed by atoms with Gasteiger partial charge in [-0.05, 0) is 44.6 Å². The summed E-state index contributed by atoms with van der Waals surface area (Å²) in [6, 6.07) is 10.2. The van der Waals surface area contributed by atoms with E-state index in [1.54, 1.807) is 6.26 Å². The van der Waals surface area contributed by atoms with Crippen molar-refractivity contribution in [3.63, 3.8) is 0 Å². The lowest BCUT2D eigenvalue weighted by molar-refractivity contribution is -0.143. The zero-order valence-corrected chi connectivity index (χ0v) is 14.5. The number of hydrogen-bond acceptors (Lipinski definition) is 3. The highest BCUT2D eigenvalue weighted by molar-refractivity contribution is 6.69. The lowest BCUT2D eigenvalue weighted by Gasteiger charge is -2.17. The largest absolute Gasteiger partial charge is 0.550 e. The quantitative estimate of drug-likeness (QED) is 0.403. The van der Waals surface area contributed by atoms with Crippen LogP contribution in [0.3, 0.4) is 0 Å². The van der Waals surface area contributed by atoms with Crippen LogP contribution in [0.25, 0.3) is 0 Å². The molecule has 0 fully saturated rings. The summed E-state index contributed by atoms with van der Waals surface area (Å²) in [4.78, 5) is 11.5. The van der Waals surface area contributed by atoms with Gasteiger partial charge < -0.3 is 9.16 Å². The molecule has 0 aliphatic rings. The number of hydrogen-bond donors (Lipinski definition) is 0.